The minimum atomic E-state index is -0.259. The third kappa shape index (κ3) is 2.82. The molecule has 0 saturated carbocycles. The summed E-state index contributed by atoms with van der Waals surface area (Å²) in [6, 6.07) is 8.67. The molecule has 0 fully saturated rings. The highest BCUT2D eigenvalue weighted by atomic mass is 16.5. The number of carbonyl (C=O) groups excluding carboxylic acids is 1. The van der Waals surface area contributed by atoms with Crippen LogP contribution < -0.4 is 10.1 Å². The molecule has 0 bridgehead atoms. The molecule has 0 radical (unpaired) electrons. The highest BCUT2D eigenvalue weighted by Gasteiger charge is 2.07. The number of carbonyl (C=O) groups is 1. The average Bonchev–Trinajstić information content (AvgIpc) is 2.39. The number of aryl methyl sites for hydroxylation is 1. The maximum atomic E-state index is 11.9. The van der Waals surface area contributed by atoms with Crippen LogP contribution in [-0.2, 0) is 0 Å². The summed E-state index contributed by atoms with van der Waals surface area (Å²) in [5.74, 6) is 1.05. The Morgan fingerprint density at radius 3 is 2.56 bits per heavy atom. The van der Waals surface area contributed by atoms with Crippen LogP contribution >= 0.6 is 0 Å². The number of ether oxygens (including phenoxy) is 1. The Kier molecular flexibility index (Phi) is 3.52. The highest BCUT2D eigenvalue weighted by Crippen LogP contribution is 2.15. The molecular formula is C13H13N3O2. The number of benzene rings is 1. The van der Waals surface area contributed by atoms with Crippen LogP contribution in [0.3, 0.4) is 0 Å². The normalized spacial score (nSPS) is 9.89. The van der Waals surface area contributed by atoms with Gasteiger partial charge in [0.15, 0.2) is 0 Å². The molecule has 2 rings (SSSR count). The summed E-state index contributed by atoms with van der Waals surface area (Å²) in [6.07, 6.45) is 1.56. The fourth-order valence-corrected chi connectivity index (χ4v) is 1.45. The van der Waals surface area contributed by atoms with Gasteiger partial charge in [-0.05, 0) is 37.3 Å². The van der Waals surface area contributed by atoms with E-state index in [1.165, 1.54) is 0 Å². The highest BCUT2D eigenvalue weighted by molar-refractivity contribution is 6.02. The van der Waals surface area contributed by atoms with Crippen molar-refractivity contribution in [2.75, 3.05) is 12.4 Å². The maximum Gasteiger partial charge on any atom is 0.274 e. The summed E-state index contributed by atoms with van der Waals surface area (Å²) in [6.45, 7) is 1.74. The molecule has 0 aliphatic rings. The molecule has 0 atom stereocenters. The van der Waals surface area contributed by atoms with Gasteiger partial charge in [0.1, 0.15) is 17.3 Å². The summed E-state index contributed by atoms with van der Waals surface area (Å²) in [5, 5.41) is 2.75. The Morgan fingerprint density at radius 1 is 1.22 bits per heavy atom. The molecule has 5 nitrogen and oxygen atoms in total. The van der Waals surface area contributed by atoms with E-state index >= 15 is 0 Å². The molecule has 18 heavy (non-hydrogen) atoms. The van der Waals surface area contributed by atoms with Crippen LogP contribution in [-0.4, -0.2) is 23.0 Å². The summed E-state index contributed by atoms with van der Waals surface area (Å²) >= 11 is 0. The van der Waals surface area contributed by atoms with Crippen LogP contribution in [0.4, 0.5) is 5.69 Å². The van der Waals surface area contributed by atoms with E-state index < -0.39 is 0 Å². The number of hydrogen-bond donors (Lipinski definition) is 1. The monoisotopic (exact) mass is 243 g/mol. The van der Waals surface area contributed by atoms with Crippen LogP contribution in [0.2, 0.25) is 0 Å². The molecule has 1 aromatic carbocycles. The van der Waals surface area contributed by atoms with Crippen molar-refractivity contribution in [3.63, 3.8) is 0 Å². The van der Waals surface area contributed by atoms with E-state index in [0.717, 1.165) is 5.75 Å². The molecule has 0 saturated heterocycles. The summed E-state index contributed by atoms with van der Waals surface area (Å²) in [5.41, 5.74) is 1.04. The van der Waals surface area contributed by atoms with E-state index in [2.05, 4.69) is 15.3 Å². The first-order valence-corrected chi connectivity index (χ1v) is 5.44. The first-order valence-electron chi connectivity index (χ1n) is 5.44. The van der Waals surface area contributed by atoms with Gasteiger partial charge in [0, 0.05) is 11.9 Å². The Bertz CT molecular complexity index is 552. The van der Waals surface area contributed by atoms with Gasteiger partial charge in [-0.1, -0.05) is 0 Å². The Hall–Kier alpha value is -2.43. The molecule has 5 heteroatoms. The third-order valence-electron chi connectivity index (χ3n) is 2.36. The number of hydrogen-bond acceptors (Lipinski definition) is 4. The fourth-order valence-electron chi connectivity index (χ4n) is 1.45. The first kappa shape index (κ1) is 12.0. The Labute approximate surface area is 105 Å². The predicted octanol–water partition coefficient (Wildman–Crippen LogP) is 2.05. The lowest BCUT2D eigenvalue weighted by Crippen LogP contribution is -2.14. The second-order valence-corrected chi connectivity index (χ2v) is 3.67. The molecule has 1 heterocycles. The van der Waals surface area contributed by atoms with Crippen LogP contribution in [0.1, 0.15) is 16.3 Å². The van der Waals surface area contributed by atoms with Gasteiger partial charge in [0.2, 0.25) is 0 Å². The minimum absolute atomic E-state index is 0.259. The second kappa shape index (κ2) is 5.27. The van der Waals surface area contributed by atoms with Gasteiger partial charge in [-0.25, -0.2) is 9.97 Å². The Balaban J connectivity index is 2.11. The molecule has 1 amide bonds. The number of aromatic nitrogens is 2. The van der Waals surface area contributed by atoms with Crippen molar-refractivity contribution >= 4 is 11.6 Å². The second-order valence-electron chi connectivity index (χ2n) is 3.67. The largest absolute Gasteiger partial charge is 0.497 e. The standard InChI is InChI=1S/C13H13N3O2/c1-9-14-8-7-12(15-9)13(17)16-10-3-5-11(18-2)6-4-10/h3-8H,1-2H3,(H,16,17). The molecule has 1 N–H and O–H groups in total. The van der Waals surface area contributed by atoms with E-state index in [1.807, 2.05) is 0 Å². The number of methoxy groups -OCH3 is 1. The van der Waals surface area contributed by atoms with E-state index in [4.69, 9.17) is 4.74 Å². The average molecular weight is 243 g/mol. The molecule has 0 aliphatic heterocycles. The number of anilines is 1. The van der Waals surface area contributed by atoms with Crippen molar-refractivity contribution < 1.29 is 9.53 Å². The molecule has 1 aromatic heterocycles. The van der Waals surface area contributed by atoms with Crippen molar-refractivity contribution in [2.45, 2.75) is 6.92 Å². The number of nitrogens with one attached hydrogen (secondary N) is 1. The lowest BCUT2D eigenvalue weighted by atomic mass is 10.3. The molecule has 0 unspecified atom stereocenters. The van der Waals surface area contributed by atoms with Crippen LogP contribution in [0, 0.1) is 6.92 Å². The maximum absolute atomic E-state index is 11.9. The van der Waals surface area contributed by atoms with Crippen molar-refractivity contribution in [1.29, 1.82) is 0 Å². The fraction of sp³-hybridized carbons (Fsp3) is 0.154. The zero-order chi connectivity index (χ0) is 13.0. The number of amides is 1. The first-order chi connectivity index (χ1) is 8.69. The van der Waals surface area contributed by atoms with Crippen LogP contribution in [0.15, 0.2) is 36.5 Å². The lowest BCUT2D eigenvalue weighted by molar-refractivity contribution is 0.102. The topological polar surface area (TPSA) is 64.1 Å². The third-order valence-corrected chi connectivity index (χ3v) is 2.36. The van der Waals surface area contributed by atoms with Gasteiger partial charge in [0.05, 0.1) is 7.11 Å². The van der Waals surface area contributed by atoms with Gasteiger partial charge in [-0.2, -0.15) is 0 Å². The van der Waals surface area contributed by atoms with Crippen molar-refractivity contribution in [3.8, 4) is 5.75 Å². The minimum Gasteiger partial charge on any atom is -0.497 e. The summed E-state index contributed by atoms with van der Waals surface area (Å²) in [7, 11) is 1.59. The zero-order valence-corrected chi connectivity index (χ0v) is 10.2. The zero-order valence-electron chi connectivity index (χ0n) is 10.2. The van der Waals surface area contributed by atoms with Gasteiger partial charge in [-0.3, -0.25) is 4.79 Å². The quantitative estimate of drug-likeness (QED) is 0.896. The number of rotatable bonds is 3. The van der Waals surface area contributed by atoms with Gasteiger partial charge in [0.25, 0.3) is 5.91 Å². The van der Waals surface area contributed by atoms with E-state index in [0.29, 0.717) is 17.2 Å². The van der Waals surface area contributed by atoms with Crippen LogP contribution in [0.5, 0.6) is 5.75 Å². The van der Waals surface area contributed by atoms with Gasteiger partial charge < -0.3 is 10.1 Å². The van der Waals surface area contributed by atoms with Gasteiger partial charge in [-0.15, -0.1) is 0 Å². The number of nitrogens with zero attached hydrogens (tertiary/aromatic N) is 2. The molecule has 92 valence electrons. The molecule has 2 aromatic rings. The van der Waals surface area contributed by atoms with E-state index in [-0.39, 0.29) is 5.91 Å². The van der Waals surface area contributed by atoms with Crippen molar-refractivity contribution in [2.24, 2.45) is 0 Å². The van der Waals surface area contributed by atoms with Crippen molar-refractivity contribution in [1.82, 2.24) is 9.97 Å². The molecule has 0 aliphatic carbocycles. The van der Waals surface area contributed by atoms with E-state index in [9.17, 15) is 4.79 Å². The Morgan fingerprint density at radius 2 is 1.94 bits per heavy atom. The SMILES string of the molecule is COc1ccc(NC(=O)c2ccnc(C)n2)cc1. The molecular weight excluding hydrogens is 230 g/mol. The summed E-state index contributed by atoms with van der Waals surface area (Å²) < 4.78 is 5.04. The van der Waals surface area contributed by atoms with Crippen LogP contribution in [0.25, 0.3) is 0 Å². The predicted molar refractivity (Wildman–Crippen MR) is 67.7 cm³/mol. The van der Waals surface area contributed by atoms with Crippen molar-refractivity contribution in [3.05, 3.63) is 48.0 Å². The van der Waals surface area contributed by atoms with E-state index in [1.54, 1.807) is 50.6 Å². The molecule has 0 spiro atoms. The lowest BCUT2D eigenvalue weighted by Gasteiger charge is -2.05. The summed E-state index contributed by atoms with van der Waals surface area (Å²) in [4.78, 5) is 19.9. The smallest absolute Gasteiger partial charge is 0.274 e. The van der Waals surface area contributed by atoms with Gasteiger partial charge >= 0.3 is 0 Å².